The fourth-order valence-electron chi connectivity index (χ4n) is 1.75. The molecule has 0 spiro atoms. The predicted molar refractivity (Wildman–Crippen MR) is 71.6 cm³/mol. The van der Waals surface area contributed by atoms with E-state index in [1.807, 2.05) is 0 Å². The molecule has 0 saturated carbocycles. The van der Waals surface area contributed by atoms with E-state index in [4.69, 9.17) is 16.6 Å². The number of carbonyl (C=O) groups is 3. The molecule has 0 aliphatic rings. The minimum Gasteiger partial charge on any atom is -0.480 e. The topological polar surface area (TPSA) is 136 Å². The Kier molecular flexibility index (Phi) is 5.67. The largest absolute Gasteiger partial charge is 0.480 e. The van der Waals surface area contributed by atoms with Crippen LogP contribution in [0.15, 0.2) is 30.3 Å². The first-order chi connectivity index (χ1) is 9.45. The fourth-order valence-corrected chi connectivity index (χ4v) is 1.75. The van der Waals surface area contributed by atoms with E-state index < -0.39 is 36.2 Å². The van der Waals surface area contributed by atoms with Crippen molar-refractivity contribution >= 4 is 17.8 Å². The predicted octanol–water partition coefficient (Wildman–Crippen LogP) is -0.826. The first kappa shape index (κ1) is 15.6. The highest BCUT2D eigenvalue weighted by molar-refractivity contribution is 5.90. The van der Waals surface area contributed by atoms with Gasteiger partial charge in [-0.2, -0.15) is 0 Å². The second-order valence-corrected chi connectivity index (χ2v) is 4.27. The molecule has 0 heterocycles. The van der Waals surface area contributed by atoms with Crippen LogP contribution in [0, 0.1) is 0 Å². The molecule has 1 aromatic carbocycles. The molecule has 7 heteroatoms. The molecular formula is C13H17N3O4. The van der Waals surface area contributed by atoms with E-state index in [2.05, 4.69) is 5.32 Å². The van der Waals surface area contributed by atoms with Crippen molar-refractivity contribution in [1.29, 1.82) is 0 Å². The molecule has 1 unspecified atom stereocenters. The molecule has 0 fully saturated rings. The highest BCUT2D eigenvalue weighted by atomic mass is 16.4. The summed E-state index contributed by atoms with van der Waals surface area (Å²) in [4.78, 5) is 33.8. The van der Waals surface area contributed by atoms with Crippen LogP contribution in [0.1, 0.15) is 17.9 Å². The minimum atomic E-state index is -1.35. The Balaban J connectivity index is 2.81. The summed E-state index contributed by atoms with van der Waals surface area (Å²) in [7, 11) is 0. The molecule has 108 valence electrons. The normalized spacial score (nSPS) is 13.2. The maximum absolute atomic E-state index is 12.1. The van der Waals surface area contributed by atoms with Crippen LogP contribution in [-0.4, -0.2) is 35.5 Å². The summed E-state index contributed by atoms with van der Waals surface area (Å²) in [6.07, 6.45) is -0.465. The van der Waals surface area contributed by atoms with E-state index in [9.17, 15) is 14.4 Å². The first-order valence-corrected chi connectivity index (χ1v) is 6.02. The number of amides is 2. The van der Waals surface area contributed by atoms with E-state index >= 15 is 0 Å². The summed E-state index contributed by atoms with van der Waals surface area (Å²) in [5, 5.41) is 11.2. The van der Waals surface area contributed by atoms with Gasteiger partial charge in [-0.3, -0.25) is 9.59 Å². The molecule has 20 heavy (non-hydrogen) atoms. The van der Waals surface area contributed by atoms with Gasteiger partial charge in [-0.05, 0) is 5.56 Å². The van der Waals surface area contributed by atoms with Crippen molar-refractivity contribution in [3.8, 4) is 0 Å². The number of nitrogens with two attached hydrogens (primary N) is 2. The lowest BCUT2D eigenvalue weighted by atomic mass is 9.98. The van der Waals surface area contributed by atoms with Crippen LogP contribution in [0.5, 0.6) is 0 Å². The minimum absolute atomic E-state index is 0.0265. The van der Waals surface area contributed by atoms with Gasteiger partial charge < -0.3 is 21.9 Å². The number of carboxylic acids is 1. The number of carbonyl (C=O) groups excluding carboxylic acids is 2. The summed E-state index contributed by atoms with van der Waals surface area (Å²) in [5.74, 6) is -3.35. The van der Waals surface area contributed by atoms with E-state index in [0.29, 0.717) is 5.56 Å². The quantitative estimate of drug-likeness (QED) is 0.516. The third kappa shape index (κ3) is 4.36. The van der Waals surface area contributed by atoms with Gasteiger partial charge >= 0.3 is 5.97 Å². The number of carboxylic acid groups (broad SMARTS) is 1. The lowest BCUT2D eigenvalue weighted by Gasteiger charge is -2.18. The summed E-state index contributed by atoms with van der Waals surface area (Å²) in [5.41, 5.74) is 11.2. The van der Waals surface area contributed by atoms with Crippen LogP contribution in [0.25, 0.3) is 0 Å². The van der Waals surface area contributed by atoms with Crippen LogP contribution < -0.4 is 16.8 Å². The van der Waals surface area contributed by atoms with E-state index in [1.165, 1.54) is 0 Å². The van der Waals surface area contributed by atoms with Crippen molar-refractivity contribution in [3.05, 3.63) is 35.9 Å². The zero-order valence-electron chi connectivity index (χ0n) is 10.8. The second-order valence-electron chi connectivity index (χ2n) is 4.27. The van der Waals surface area contributed by atoms with E-state index in [1.54, 1.807) is 30.3 Å². The van der Waals surface area contributed by atoms with Gasteiger partial charge in [0.25, 0.3) is 0 Å². The van der Waals surface area contributed by atoms with Gasteiger partial charge in [0.2, 0.25) is 11.8 Å². The van der Waals surface area contributed by atoms with Gasteiger partial charge in [0.05, 0.1) is 12.3 Å². The van der Waals surface area contributed by atoms with Crippen LogP contribution >= 0.6 is 0 Å². The van der Waals surface area contributed by atoms with Crippen LogP contribution in [0.2, 0.25) is 0 Å². The lowest BCUT2D eigenvalue weighted by Crippen LogP contribution is -2.46. The van der Waals surface area contributed by atoms with Crippen LogP contribution in [-0.2, 0) is 14.4 Å². The zero-order valence-corrected chi connectivity index (χ0v) is 10.8. The Hall–Kier alpha value is -2.41. The molecule has 2 atom stereocenters. The zero-order chi connectivity index (χ0) is 15.1. The second kappa shape index (κ2) is 7.25. The third-order valence-corrected chi connectivity index (χ3v) is 2.77. The molecule has 2 amide bonds. The Labute approximate surface area is 115 Å². The standard InChI is InChI=1S/C13H17N3O4/c14-7-9(8-4-2-1-3-5-8)12(18)16-10(13(19)20)6-11(15)17/h1-5,9-10H,6-7,14H2,(H2,15,17)(H,16,18)(H,19,20)/t9?,10-/m0/s1. The molecule has 0 saturated heterocycles. The number of rotatable bonds is 7. The van der Waals surface area contributed by atoms with Gasteiger partial charge in [-0.1, -0.05) is 30.3 Å². The number of hydrogen-bond acceptors (Lipinski definition) is 4. The molecular weight excluding hydrogens is 262 g/mol. The summed E-state index contributed by atoms with van der Waals surface area (Å²) in [6.45, 7) is 0.0265. The molecule has 1 aromatic rings. The highest BCUT2D eigenvalue weighted by Crippen LogP contribution is 2.14. The number of benzene rings is 1. The lowest BCUT2D eigenvalue weighted by molar-refractivity contribution is -0.143. The smallest absolute Gasteiger partial charge is 0.326 e. The number of primary amides is 1. The van der Waals surface area contributed by atoms with Gasteiger partial charge in [0.1, 0.15) is 6.04 Å². The molecule has 6 N–H and O–H groups in total. The van der Waals surface area contributed by atoms with Crippen molar-refractivity contribution in [2.75, 3.05) is 6.54 Å². The summed E-state index contributed by atoms with van der Waals surface area (Å²) < 4.78 is 0. The maximum Gasteiger partial charge on any atom is 0.326 e. The highest BCUT2D eigenvalue weighted by Gasteiger charge is 2.26. The SMILES string of the molecule is NCC(C(=O)N[C@@H](CC(N)=O)C(=O)O)c1ccccc1. The average molecular weight is 279 g/mol. The molecule has 1 rings (SSSR count). The van der Waals surface area contributed by atoms with Gasteiger partial charge in [0, 0.05) is 6.54 Å². The van der Waals surface area contributed by atoms with Gasteiger partial charge in [-0.25, -0.2) is 4.79 Å². The number of nitrogens with one attached hydrogen (secondary N) is 1. The van der Waals surface area contributed by atoms with Crippen LogP contribution in [0.3, 0.4) is 0 Å². The first-order valence-electron chi connectivity index (χ1n) is 6.02. The molecule has 0 aliphatic heterocycles. The van der Waals surface area contributed by atoms with E-state index in [0.717, 1.165) is 0 Å². The van der Waals surface area contributed by atoms with Gasteiger partial charge in [-0.15, -0.1) is 0 Å². The van der Waals surface area contributed by atoms with Crippen LogP contribution in [0.4, 0.5) is 0 Å². The fraction of sp³-hybridized carbons (Fsp3) is 0.308. The molecule has 0 aromatic heterocycles. The monoisotopic (exact) mass is 279 g/mol. The molecule has 0 bridgehead atoms. The Morgan fingerprint density at radius 1 is 1.20 bits per heavy atom. The Bertz CT molecular complexity index is 490. The van der Waals surface area contributed by atoms with Crippen molar-refractivity contribution in [3.63, 3.8) is 0 Å². The molecule has 0 aliphatic carbocycles. The number of hydrogen-bond donors (Lipinski definition) is 4. The van der Waals surface area contributed by atoms with Gasteiger partial charge in [0.15, 0.2) is 0 Å². The van der Waals surface area contributed by atoms with Crippen molar-refractivity contribution < 1.29 is 19.5 Å². The van der Waals surface area contributed by atoms with Crippen molar-refractivity contribution in [1.82, 2.24) is 5.32 Å². The third-order valence-electron chi connectivity index (χ3n) is 2.77. The maximum atomic E-state index is 12.1. The van der Waals surface area contributed by atoms with Crippen molar-refractivity contribution in [2.24, 2.45) is 11.5 Å². The summed E-state index contributed by atoms with van der Waals surface area (Å²) in [6, 6.07) is 7.40. The van der Waals surface area contributed by atoms with E-state index in [-0.39, 0.29) is 6.54 Å². The summed E-state index contributed by atoms with van der Waals surface area (Å²) >= 11 is 0. The average Bonchev–Trinajstić information content (AvgIpc) is 2.39. The Morgan fingerprint density at radius 3 is 2.25 bits per heavy atom. The van der Waals surface area contributed by atoms with Crippen molar-refractivity contribution in [2.45, 2.75) is 18.4 Å². The number of aliphatic carboxylic acids is 1. The Morgan fingerprint density at radius 2 is 1.80 bits per heavy atom. The molecule has 7 nitrogen and oxygen atoms in total. The molecule has 0 radical (unpaired) electrons.